The first-order valence-corrected chi connectivity index (χ1v) is 7.15. The van der Waals surface area contributed by atoms with Gasteiger partial charge in [0, 0.05) is 11.4 Å². The van der Waals surface area contributed by atoms with Crippen LogP contribution >= 0.6 is 0 Å². The van der Waals surface area contributed by atoms with Crippen molar-refractivity contribution in [2.45, 2.75) is 38.3 Å². The van der Waals surface area contributed by atoms with Crippen LogP contribution in [-0.4, -0.2) is 24.4 Å². The molecule has 0 amide bonds. The molecular weight excluding hydrogens is 257 g/mol. The fraction of sp³-hybridized carbons (Fsp3) is 0.500. The number of aliphatic hydroxyl groups is 1. The van der Waals surface area contributed by atoms with Gasteiger partial charge in [0.15, 0.2) is 0 Å². The standard InChI is InChI=1S/C16H22FNO2/c1-3-5-15(18-4-2)16(19,11-17)13-7-6-12-8-9-20-14(12)10-13/h6-10,15,18-19H,3-5,11H2,1-2H3. The summed E-state index contributed by atoms with van der Waals surface area (Å²) < 4.78 is 19.0. The summed E-state index contributed by atoms with van der Waals surface area (Å²) in [7, 11) is 0. The van der Waals surface area contributed by atoms with E-state index in [4.69, 9.17) is 4.42 Å². The molecule has 20 heavy (non-hydrogen) atoms. The van der Waals surface area contributed by atoms with Crippen molar-refractivity contribution in [3.8, 4) is 0 Å². The molecule has 110 valence electrons. The molecule has 0 aliphatic carbocycles. The van der Waals surface area contributed by atoms with Crippen molar-refractivity contribution in [2.24, 2.45) is 0 Å². The predicted octanol–water partition coefficient (Wildman–Crippen LogP) is 3.37. The van der Waals surface area contributed by atoms with Crippen molar-refractivity contribution in [3.63, 3.8) is 0 Å². The lowest BCUT2D eigenvalue weighted by Gasteiger charge is -2.35. The minimum atomic E-state index is -1.52. The van der Waals surface area contributed by atoms with Crippen molar-refractivity contribution >= 4 is 11.0 Å². The zero-order chi connectivity index (χ0) is 14.6. The Morgan fingerprint density at radius 1 is 1.35 bits per heavy atom. The quantitative estimate of drug-likeness (QED) is 0.817. The van der Waals surface area contributed by atoms with Crippen molar-refractivity contribution in [1.82, 2.24) is 5.32 Å². The van der Waals surface area contributed by atoms with Gasteiger partial charge in [-0.25, -0.2) is 4.39 Å². The lowest BCUT2D eigenvalue weighted by molar-refractivity contribution is -0.0272. The second-order valence-electron chi connectivity index (χ2n) is 5.13. The fourth-order valence-electron chi connectivity index (χ4n) is 2.64. The molecule has 1 heterocycles. The number of benzene rings is 1. The Morgan fingerprint density at radius 2 is 2.15 bits per heavy atom. The van der Waals surface area contributed by atoms with Gasteiger partial charge >= 0.3 is 0 Å². The number of fused-ring (bicyclic) bond motifs is 1. The van der Waals surface area contributed by atoms with Crippen molar-refractivity contribution < 1.29 is 13.9 Å². The van der Waals surface area contributed by atoms with E-state index in [0.717, 1.165) is 11.8 Å². The van der Waals surface area contributed by atoms with Gasteiger partial charge in [0.05, 0.1) is 6.26 Å². The Balaban J connectivity index is 2.40. The van der Waals surface area contributed by atoms with Crippen LogP contribution in [0.15, 0.2) is 34.9 Å². The number of nitrogens with one attached hydrogen (secondary N) is 1. The van der Waals surface area contributed by atoms with Crippen LogP contribution in [0.4, 0.5) is 4.39 Å². The number of furan rings is 1. The lowest BCUT2D eigenvalue weighted by Crippen LogP contribution is -2.50. The molecule has 1 aromatic carbocycles. The summed E-state index contributed by atoms with van der Waals surface area (Å²) in [4.78, 5) is 0. The maximum absolute atomic E-state index is 13.6. The van der Waals surface area contributed by atoms with Crippen LogP contribution in [0, 0.1) is 0 Å². The van der Waals surface area contributed by atoms with Gasteiger partial charge in [0.1, 0.15) is 17.9 Å². The number of halogens is 1. The molecule has 0 bridgehead atoms. The van der Waals surface area contributed by atoms with Gasteiger partial charge in [-0.2, -0.15) is 0 Å². The van der Waals surface area contributed by atoms with Gasteiger partial charge in [-0.1, -0.05) is 32.4 Å². The van der Waals surface area contributed by atoms with Crippen LogP contribution in [0.3, 0.4) is 0 Å². The largest absolute Gasteiger partial charge is 0.464 e. The lowest BCUT2D eigenvalue weighted by atomic mass is 9.84. The summed E-state index contributed by atoms with van der Waals surface area (Å²) in [5.74, 6) is 0. The minimum Gasteiger partial charge on any atom is -0.464 e. The Kier molecular flexibility index (Phi) is 4.78. The van der Waals surface area contributed by atoms with Crippen LogP contribution in [0.1, 0.15) is 32.3 Å². The van der Waals surface area contributed by atoms with E-state index in [1.54, 1.807) is 18.4 Å². The monoisotopic (exact) mass is 279 g/mol. The second kappa shape index (κ2) is 6.37. The molecule has 2 rings (SSSR count). The first-order chi connectivity index (χ1) is 9.65. The molecule has 2 unspecified atom stereocenters. The van der Waals surface area contributed by atoms with Crippen LogP contribution in [-0.2, 0) is 5.60 Å². The number of hydrogen-bond donors (Lipinski definition) is 2. The fourth-order valence-corrected chi connectivity index (χ4v) is 2.64. The molecule has 0 aliphatic rings. The maximum Gasteiger partial charge on any atom is 0.134 e. The van der Waals surface area contributed by atoms with Crippen LogP contribution in [0.25, 0.3) is 11.0 Å². The molecule has 0 spiro atoms. The topological polar surface area (TPSA) is 45.4 Å². The predicted molar refractivity (Wildman–Crippen MR) is 78.5 cm³/mol. The van der Waals surface area contributed by atoms with Gasteiger partial charge in [-0.15, -0.1) is 0 Å². The Morgan fingerprint density at radius 3 is 2.80 bits per heavy atom. The third kappa shape index (κ3) is 2.72. The van der Waals surface area contributed by atoms with E-state index in [2.05, 4.69) is 5.32 Å². The first-order valence-electron chi connectivity index (χ1n) is 7.15. The Hall–Kier alpha value is -1.39. The van der Waals surface area contributed by atoms with Crippen LogP contribution in [0.5, 0.6) is 0 Å². The molecular formula is C16H22FNO2. The number of likely N-dealkylation sites (N-methyl/N-ethyl adjacent to an activating group) is 1. The number of rotatable bonds is 7. The third-order valence-corrected chi connectivity index (χ3v) is 3.76. The van der Waals surface area contributed by atoms with Gasteiger partial charge < -0.3 is 14.8 Å². The summed E-state index contributed by atoms with van der Waals surface area (Å²) in [5, 5.41) is 15.0. The van der Waals surface area contributed by atoms with Gasteiger partial charge in [-0.05, 0) is 30.7 Å². The highest BCUT2D eigenvalue weighted by Gasteiger charge is 2.38. The third-order valence-electron chi connectivity index (χ3n) is 3.76. The summed E-state index contributed by atoms with van der Waals surface area (Å²) in [6.45, 7) is 3.85. The summed E-state index contributed by atoms with van der Waals surface area (Å²) in [5.41, 5.74) is -0.296. The zero-order valence-electron chi connectivity index (χ0n) is 12.0. The van der Waals surface area contributed by atoms with Crippen LogP contribution in [0.2, 0.25) is 0 Å². The number of alkyl halides is 1. The molecule has 0 saturated carbocycles. The van der Waals surface area contributed by atoms with Crippen molar-refractivity contribution in [2.75, 3.05) is 13.2 Å². The molecule has 2 atom stereocenters. The molecule has 0 saturated heterocycles. The normalized spacial score (nSPS) is 16.2. The molecule has 1 aromatic heterocycles. The molecule has 2 aromatic rings. The highest BCUT2D eigenvalue weighted by Crippen LogP contribution is 2.31. The zero-order valence-corrected chi connectivity index (χ0v) is 12.0. The average Bonchev–Trinajstić information content (AvgIpc) is 2.93. The smallest absolute Gasteiger partial charge is 0.134 e. The van der Waals surface area contributed by atoms with Gasteiger partial charge in [0.25, 0.3) is 0 Å². The van der Waals surface area contributed by atoms with E-state index < -0.39 is 12.3 Å². The van der Waals surface area contributed by atoms with Crippen LogP contribution < -0.4 is 5.32 Å². The second-order valence-corrected chi connectivity index (χ2v) is 5.13. The minimum absolute atomic E-state index is 0.310. The molecule has 0 radical (unpaired) electrons. The van der Waals surface area contributed by atoms with E-state index in [1.807, 2.05) is 26.0 Å². The first kappa shape index (κ1) is 15.0. The average molecular weight is 279 g/mol. The van der Waals surface area contributed by atoms with Crippen molar-refractivity contribution in [3.05, 3.63) is 36.1 Å². The summed E-state index contributed by atoms with van der Waals surface area (Å²) in [6, 6.07) is 6.90. The molecule has 2 N–H and O–H groups in total. The van der Waals surface area contributed by atoms with E-state index in [-0.39, 0.29) is 6.04 Å². The molecule has 3 nitrogen and oxygen atoms in total. The SMILES string of the molecule is CCCC(NCC)C(O)(CF)c1ccc2ccoc2c1. The molecule has 0 aliphatic heterocycles. The Bertz CT molecular complexity index is 548. The van der Waals surface area contributed by atoms with Gasteiger partial charge in [0.2, 0.25) is 0 Å². The van der Waals surface area contributed by atoms with Gasteiger partial charge in [-0.3, -0.25) is 0 Å². The summed E-state index contributed by atoms with van der Waals surface area (Å²) in [6.07, 6.45) is 3.18. The number of hydrogen-bond acceptors (Lipinski definition) is 3. The van der Waals surface area contributed by atoms with E-state index in [1.165, 1.54) is 0 Å². The summed E-state index contributed by atoms with van der Waals surface area (Å²) >= 11 is 0. The Labute approximate surface area is 118 Å². The van der Waals surface area contributed by atoms with E-state index in [9.17, 15) is 9.50 Å². The maximum atomic E-state index is 13.6. The highest BCUT2D eigenvalue weighted by molar-refractivity contribution is 5.77. The molecule has 4 heteroatoms. The van der Waals surface area contributed by atoms with E-state index in [0.29, 0.717) is 24.1 Å². The highest BCUT2D eigenvalue weighted by atomic mass is 19.1. The van der Waals surface area contributed by atoms with E-state index >= 15 is 0 Å². The molecule has 0 fully saturated rings. The van der Waals surface area contributed by atoms with Crippen molar-refractivity contribution in [1.29, 1.82) is 0 Å².